The summed E-state index contributed by atoms with van der Waals surface area (Å²) in [5.74, 6) is 0.893. The molecule has 10 heteroatoms. The molecule has 0 bridgehead atoms. The van der Waals surface area contributed by atoms with Gasteiger partial charge in [0, 0.05) is 31.2 Å². The molecular weight excluding hydrogens is 406 g/mol. The summed E-state index contributed by atoms with van der Waals surface area (Å²) in [7, 11) is 3.55. The molecule has 0 spiro atoms. The number of hydrogen-bond acceptors (Lipinski definition) is 9. The fraction of sp³-hybridized carbons (Fsp3) is 0.364. The van der Waals surface area contributed by atoms with E-state index in [2.05, 4.69) is 56.1 Å². The lowest BCUT2D eigenvalue weighted by Gasteiger charge is -2.22. The van der Waals surface area contributed by atoms with Crippen LogP contribution in [0.5, 0.6) is 0 Å². The molecule has 0 fully saturated rings. The molecule has 3 aromatic rings. The van der Waals surface area contributed by atoms with E-state index in [1.807, 2.05) is 13.0 Å². The summed E-state index contributed by atoms with van der Waals surface area (Å²) in [4.78, 5) is 17.2. The van der Waals surface area contributed by atoms with E-state index in [0.717, 1.165) is 30.0 Å². The van der Waals surface area contributed by atoms with E-state index in [9.17, 15) is 5.11 Å². The van der Waals surface area contributed by atoms with Crippen molar-refractivity contribution >= 4 is 22.8 Å². The summed E-state index contributed by atoms with van der Waals surface area (Å²) in [5, 5.41) is 23.9. The molecule has 2 aromatic heterocycles. The highest BCUT2D eigenvalue weighted by Gasteiger charge is 2.34. The molecule has 1 aromatic carbocycles. The van der Waals surface area contributed by atoms with Crippen LogP contribution in [-0.2, 0) is 0 Å². The van der Waals surface area contributed by atoms with Gasteiger partial charge in [-0.05, 0) is 58.6 Å². The number of anilines is 1. The highest BCUT2D eigenvalue weighted by atomic mass is 16.3. The van der Waals surface area contributed by atoms with Crippen LogP contribution >= 0.6 is 0 Å². The smallest absolute Gasteiger partial charge is 0.205 e. The minimum Gasteiger partial charge on any atom is -0.372 e. The fourth-order valence-corrected chi connectivity index (χ4v) is 3.56. The van der Waals surface area contributed by atoms with Crippen LogP contribution in [0.2, 0.25) is 0 Å². The Balaban J connectivity index is 1.81. The van der Waals surface area contributed by atoms with Gasteiger partial charge in [0.25, 0.3) is 0 Å². The second-order valence-electron chi connectivity index (χ2n) is 7.68. The van der Waals surface area contributed by atoms with Crippen LogP contribution < -0.4 is 4.90 Å². The lowest BCUT2D eigenvalue weighted by molar-refractivity contribution is 0.103. The third kappa shape index (κ3) is 3.90. The summed E-state index contributed by atoms with van der Waals surface area (Å²) in [6, 6.07) is 6.16. The molecular formula is C22H27N9O. The zero-order valence-corrected chi connectivity index (χ0v) is 18.9. The summed E-state index contributed by atoms with van der Waals surface area (Å²) in [6.45, 7) is 8.17. The van der Waals surface area contributed by atoms with Crippen molar-refractivity contribution in [2.75, 3.05) is 32.1 Å². The first-order valence-corrected chi connectivity index (χ1v) is 10.5. The predicted octanol–water partition coefficient (Wildman–Crippen LogP) is 2.11. The molecule has 0 saturated carbocycles. The Kier molecular flexibility index (Phi) is 6.06. The van der Waals surface area contributed by atoms with Crippen molar-refractivity contribution in [1.29, 1.82) is 0 Å². The summed E-state index contributed by atoms with van der Waals surface area (Å²) >= 11 is 0. The van der Waals surface area contributed by atoms with Crippen molar-refractivity contribution in [3.8, 4) is 11.5 Å². The van der Waals surface area contributed by atoms with Crippen molar-refractivity contribution in [3.63, 3.8) is 0 Å². The average molecular weight is 434 g/mol. The van der Waals surface area contributed by atoms with Crippen molar-refractivity contribution in [1.82, 2.24) is 29.7 Å². The van der Waals surface area contributed by atoms with Crippen molar-refractivity contribution in [2.24, 2.45) is 10.1 Å². The molecule has 0 amide bonds. The number of aryl methyl sites for hydroxylation is 1. The zero-order valence-electron chi connectivity index (χ0n) is 18.9. The van der Waals surface area contributed by atoms with Crippen LogP contribution in [0, 0.1) is 6.92 Å². The van der Waals surface area contributed by atoms with Gasteiger partial charge in [-0.25, -0.2) is 9.98 Å². The number of hydrogen-bond donors (Lipinski definition) is 1. The van der Waals surface area contributed by atoms with E-state index < -0.39 is 6.23 Å². The molecule has 32 heavy (non-hydrogen) atoms. The Labute approximate surface area is 187 Å². The normalized spacial score (nSPS) is 15.2. The van der Waals surface area contributed by atoms with E-state index in [4.69, 9.17) is 4.99 Å². The molecule has 1 N–H and O–H groups in total. The molecule has 1 atom stereocenters. The SMILES string of the molecule is CCN(CC)c1ccc(N=C2C(C(O)N(C)C)=Nn3c2nnc3-c2cnccn2)c(C)c1. The van der Waals surface area contributed by atoms with E-state index in [1.54, 1.807) is 42.3 Å². The number of aliphatic hydroxyl groups excluding tert-OH is 1. The van der Waals surface area contributed by atoms with Crippen molar-refractivity contribution in [2.45, 2.75) is 27.0 Å². The first-order chi connectivity index (χ1) is 15.4. The molecule has 0 aliphatic carbocycles. The standard InChI is InChI=1S/C22H27N9O/c1-6-30(7-2)15-8-9-16(14(3)12-15)25-18-19(22(32)29(4)5)28-31-20(26-27-21(18)31)17-13-23-10-11-24-17/h8-13,22,32H,6-7H2,1-5H3. The number of aliphatic imine (C=N–C) groups is 1. The summed E-state index contributed by atoms with van der Waals surface area (Å²) in [5.41, 5.74) is 4.37. The lowest BCUT2D eigenvalue weighted by atomic mass is 10.1. The highest BCUT2D eigenvalue weighted by molar-refractivity contribution is 6.50. The Morgan fingerprint density at radius 2 is 1.84 bits per heavy atom. The maximum atomic E-state index is 10.8. The second-order valence-corrected chi connectivity index (χ2v) is 7.68. The number of nitrogens with zero attached hydrogens (tertiary/aromatic N) is 9. The molecule has 0 radical (unpaired) electrons. The molecule has 1 aliphatic rings. The van der Waals surface area contributed by atoms with E-state index in [-0.39, 0.29) is 0 Å². The Hall–Kier alpha value is -3.50. The van der Waals surface area contributed by atoms with Crippen LogP contribution in [0.1, 0.15) is 25.2 Å². The van der Waals surface area contributed by atoms with Crippen molar-refractivity contribution in [3.05, 3.63) is 48.2 Å². The number of rotatable bonds is 7. The Morgan fingerprint density at radius 1 is 1.09 bits per heavy atom. The fourth-order valence-electron chi connectivity index (χ4n) is 3.56. The summed E-state index contributed by atoms with van der Waals surface area (Å²) < 4.78 is 1.56. The van der Waals surface area contributed by atoms with Crippen LogP contribution in [-0.4, -0.2) is 79.7 Å². The maximum absolute atomic E-state index is 10.8. The highest BCUT2D eigenvalue weighted by Crippen LogP contribution is 2.28. The average Bonchev–Trinajstić information content (AvgIpc) is 3.36. The molecule has 3 heterocycles. The van der Waals surface area contributed by atoms with Crippen LogP contribution in [0.15, 0.2) is 46.9 Å². The maximum Gasteiger partial charge on any atom is 0.205 e. The van der Waals surface area contributed by atoms with Gasteiger partial charge in [0.15, 0.2) is 6.23 Å². The third-order valence-electron chi connectivity index (χ3n) is 5.37. The van der Waals surface area contributed by atoms with Gasteiger partial charge in [0.2, 0.25) is 11.6 Å². The van der Waals surface area contributed by atoms with Crippen LogP contribution in [0.25, 0.3) is 11.5 Å². The van der Waals surface area contributed by atoms with Crippen LogP contribution in [0.4, 0.5) is 11.4 Å². The Morgan fingerprint density at radius 3 is 2.47 bits per heavy atom. The first kappa shape index (κ1) is 21.7. The number of fused-ring (bicyclic) bond motifs is 1. The van der Waals surface area contributed by atoms with Crippen LogP contribution in [0.3, 0.4) is 0 Å². The quantitative estimate of drug-likeness (QED) is 0.569. The van der Waals surface area contributed by atoms with Gasteiger partial charge in [-0.1, -0.05) is 0 Å². The van der Waals surface area contributed by atoms with Gasteiger partial charge in [0.05, 0.1) is 11.9 Å². The van der Waals surface area contributed by atoms with Gasteiger partial charge in [0.1, 0.15) is 17.1 Å². The predicted molar refractivity (Wildman–Crippen MR) is 125 cm³/mol. The van der Waals surface area contributed by atoms with E-state index in [0.29, 0.717) is 28.8 Å². The zero-order chi connectivity index (χ0) is 22.8. The van der Waals surface area contributed by atoms with Gasteiger partial charge >= 0.3 is 0 Å². The summed E-state index contributed by atoms with van der Waals surface area (Å²) in [6.07, 6.45) is 3.81. The second kappa shape index (κ2) is 8.93. The molecule has 4 rings (SSSR count). The number of aromatic nitrogens is 5. The molecule has 1 unspecified atom stereocenters. The van der Waals surface area contributed by atoms with E-state index >= 15 is 0 Å². The lowest BCUT2D eigenvalue weighted by Crippen LogP contribution is -2.38. The molecule has 166 valence electrons. The van der Waals surface area contributed by atoms with Gasteiger partial charge in [-0.2, -0.15) is 9.78 Å². The largest absolute Gasteiger partial charge is 0.372 e. The molecule has 10 nitrogen and oxygen atoms in total. The van der Waals surface area contributed by atoms with Gasteiger partial charge in [-0.3, -0.25) is 9.88 Å². The number of benzene rings is 1. The minimum atomic E-state index is -0.958. The third-order valence-corrected chi connectivity index (χ3v) is 5.37. The topological polar surface area (TPSA) is 108 Å². The van der Waals surface area contributed by atoms with Gasteiger partial charge < -0.3 is 10.0 Å². The molecule has 0 saturated heterocycles. The number of aliphatic hydroxyl groups is 1. The monoisotopic (exact) mass is 433 g/mol. The molecule has 1 aliphatic heterocycles. The van der Waals surface area contributed by atoms with Gasteiger partial charge in [-0.15, -0.1) is 10.2 Å². The van der Waals surface area contributed by atoms with Crippen molar-refractivity contribution < 1.29 is 5.11 Å². The van der Waals surface area contributed by atoms with E-state index in [1.165, 1.54) is 0 Å². The first-order valence-electron chi connectivity index (χ1n) is 10.5. The Bertz CT molecular complexity index is 1160. The minimum absolute atomic E-state index is 0.400.